The van der Waals surface area contributed by atoms with Crippen molar-refractivity contribution < 1.29 is 9.59 Å². The molecular weight excluding hydrogens is 386 g/mol. The zero-order chi connectivity index (χ0) is 19.5. The van der Waals surface area contributed by atoms with Gasteiger partial charge in [0.25, 0.3) is 0 Å². The van der Waals surface area contributed by atoms with Gasteiger partial charge >= 0.3 is 0 Å². The van der Waals surface area contributed by atoms with Crippen molar-refractivity contribution in [1.82, 2.24) is 9.80 Å². The molecule has 29 heavy (non-hydrogen) atoms. The average Bonchev–Trinajstić information content (AvgIpc) is 3.36. The minimum absolute atomic E-state index is 0. The first-order chi connectivity index (χ1) is 13.6. The highest BCUT2D eigenvalue weighted by atomic mass is 35.5. The molecule has 2 heterocycles. The van der Waals surface area contributed by atoms with Gasteiger partial charge in [-0.3, -0.25) is 9.59 Å². The van der Waals surface area contributed by atoms with Gasteiger partial charge in [-0.05, 0) is 24.0 Å². The van der Waals surface area contributed by atoms with Crippen LogP contribution in [0.4, 0.5) is 0 Å². The summed E-state index contributed by atoms with van der Waals surface area (Å²) in [6, 6.07) is 19.4. The van der Waals surface area contributed by atoms with E-state index in [2.05, 4.69) is 12.1 Å². The molecule has 0 radical (unpaired) electrons. The van der Waals surface area contributed by atoms with Crippen molar-refractivity contribution in [2.24, 2.45) is 5.73 Å². The van der Waals surface area contributed by atoms with Crippen molar-refractivity contribution in [1.29, 1.82) is 0 Å². The van der Waals surface area contributed by atoms with E-state index < -0.39 is 0 Å². The first-order valence-electron chi connectivity index (χ1n) is 10.1. The fourth-order valence-electron chi connectivity index (χ4n) is 4.47. The molecule has 2 aromatic rings. The molecule has 1 unspecified atom stereocenters. The SMILES string of the molecule is Cl.N[C@@H]1CN(C(=O)C2CCCN2C(=O)Cc2ccccc2)C[C@H]1c1ccccc1. The molecule has 2 saturated heterocycles. The second-order valence-corrected chi connectivity index (χ2v) is 7.83. The monoisotopic (exact) mass is 413 g/mol. The number of nitrogens with two attached hydrogens (primary N) is 1. The zero-order valence-corrected chi connectivity index (χ0v) is 17.3. The predicted molar refractivity (Wildman–Crippen MR) is 116 cm³/mol. The van der Waals surface area contributed by atoms with Gasteiger partial charge in [-0.15, -0.1) is 12.4 Å². The molecule has 3 atom stereocenters. The van der Waals surface area contributed by atoms with Crippen LogP contribution in [0.15, 0.2) is 60.7 Å². The number of carbonyl (C=O) groups is 2. The lowest BCUT2D eigenvalue weighted by Crippen LogP contribution is -2.48. The average molecular weight is 414 g/mol. The maximum absolute atomic E-state index is 13.2. The van der Waals surface area contributed by atoms with Gasteiger partial charge in [-0.2, -0.15) is 0 Å². The Labute approximate surface area is 178 Å². The number of carbonyl (C=O) groups excluding carboxylic acids is 2. The van der Waals surface area contributed by atoms with Crippen LogP contribution in [0.3, 0.4) is 0 Å². The fraction of sp³-hybridized carbons (Fsp3) is 0.391. The summed E-state index contributed by atoms with van der Waals surface area (Å²) in [7, 11) is 0. The number of hydrogen-bond donors (Lipinski definition) is 1. The van der Waals surface area contributed by atoms with Crippen molar-refractivity contribution in [3.63, 3.8) is 0 Å². The Hall–Kier alpha value is -2.37. The summed E-state index contributed by atoms with van der Waals surface area (Å²) in [5.74, 6) is 0.234. The Kier molecular flexibility index (Phi) is 6.93. The van der Waals surface area contributed by atoms with E-state index in [1.54, 1.807) is 4.90 Å². The molecule has 0 aromatic heterocycles. The summed E-state index contributed by atoms with van der Waals surface area (Å²) in [4.78, 5) is 29.7. The lowest BCUT2D eigenvalue weighted by Gasteiger charge is -2.28. The summed E-state index contributed by atoms with van der Waals surface area (Å²) in [6.07, 6.45) is 1.96. The van der Waals surface area contributed by atoms with Gasteiger partial charge in [-0.1, -0.05) is 60.7 Å². The Morgan fingerprint density at radius 2 is 1.62 bits per heavy atom. The highest BCUT2D eigenvalue weighted by Gasteiger charge is 2.41. The van der Waals surface area contributed by atoms with E-state index in [9.17, 15) is 9.59 Å². The van der Waals surface area contributed by atoms with Gasteiger partial charge in [0.15, 0.2) is 0 Å². The van der Waals surface area contributed by atoms with Gasteiger partial charge < -0.3 is 15.5 Å². The van der Waals surface area contributed by atoms with Crippen molar-refractivity contribution in [3.05, 3.63) is 71.8 Å². The van der Waals surface area contributed by atoms with E-state index in [-0.39, 0.29) is 42.2 Å². The Balaban J connectivity index is 0.00000240. The third kappa shape index (κ3) is 4.62. The van der Waals surface area contributed by atoms with E-state index >= 15 is 0 Å². The largest absolute Gasteiger partial charge is 0.339 e. The van der Waals surface area contributed by atoms with E-state index in [1.807, 2.05) is 53.4 Å². The molecule has 2 fully saturated rings. The number of halogens is 1. The van der Waals surface area contributed by atoms with Crippen molar-refractivity contribution >= 4 is 24.2 Å². The summed E-state index contributed by atoms with van der Waals surface area (Å²) in [5, 5.41) is 0. The molecule has 0 aliphatic carbocycles. The van der Waals surface area contributed by atoms with Crippen LogP contribution in [0.2, 0.25) is 0 Å². The molecule has 2 amide bonds. The van der Waals surface area contributed by atoms with Crippen LogP contribution in [0.1, 0.15) is 29.9 Å². The first kappa shape index (κ1) is 21.3. The highest BCUT2D eigenvalue weighted by molar-refractivity contribution is 5.89. The van der Waals surface area contributed by atoms with Crippen LogP contribution in [-0.2, 0) is 16.0 Å². The van der Waals surface area contributed by atoms with Crippen molar-refractivity contribution in [3.8, 4) is 0 Å². The summed E-state index contributed by atoms with van der Waals surface area (Å²) >= 11 is 0. The normalized spacial score (nSPS) is 23.7. The number of rotatable bonds is 4. The van der Waals surface area contributed by atoms with Crippen LogP contribution in [0.25, 0.3) is 0 Å². The number of hydrogen-bond acceptors (Lipinski definition) is 3. The number of likely N-dealkylation sites (tertiary alicyclic amines) is 2. The third-order valence-electron chi connectivity index (χ3n) is 5.96. The van der Waals surface area contributed by atoms with Crippen molar-refractivity contribution in [2.75, 3.05) is 19.6 Å². The summed E-state index contributed by atoms with van der Waals surface area (Å²) in [6.45, 7) is 1.83. The van der Waals surface area contributed by atoms with E-state index in [4.69, 9.17) is 5.73 Å². The lowest BCUT2D eigenvalue weighted by molar-refractivity contribution is -0.142. The molecule has 0 bridgehead atoms. The molecular formula is C23H28ClN3O2. The third-order valence-corrected chi connectivity index (χ3v) is 5.96. The minimum Gasteiger partial charge on any atom is -0.339 e. The molecule has 2 aliphatic rings. The van der Waals surface area contributed by atoms with E-state index in [1.165, 1.54) is 5.56 Å². The Morgan fingerprint density at radius 3 is 2.31 bits per heavy atom. The van der Waals surface area contributed by atoms with Gasteiger partial charge in [0.1, 0.15) is 6.04 Å². The number of benzene rings is 2. The molecule has 154 valence electrons. The minimum atomic E-state index is -0.349. The van der Waals surface area contributed by atoms with Gasteiger partial charge in [0.05, 0.1) is 6.42 Å². The van der Waals surface area contributed by atoms with Gasteiger partial charge in [-0.25, -0.2) is 0 Å². The number of amides is 2. The fourth-order valence-corrected chi connectivity index (χ4v) is 4.47. The molecule has 5 nitrogen and oxygen atoms in total. The van der Waals surface area contributed by atoms with Crippen LogP contribution in [-0.4, -0.2) is 53.3 Å². The second-order valence-electron chi connectivity index (χ2n) is 7.83. The van der Waals surface area contributed by atoms with Crippen molar-refractivity contribution in [2.45, 2.75) is 37.3 Å². The quantitative estimate of drug-likeness (QED) is 0.837. The second kappa shape index (κ2) is 9.42. The van der Waals surface area contributed by atoms with Crippen LogP contribution in [0.5, 0.6) is 0 Å². The summed E-state index contributed by atoms with van der Waals surface area (Å²) in [5.41, 5.74) is 8.52. The first-order valence-corrected chi connectivity index (χ1v) is 10.1. The standard InChI is InChI=1S/C23H27N3O2.ClH/c24-20-16-25(15-19(20)18-10-5-2-6-11-18)23(28)21-12-7-13-26(21)22(27)14-17-8-3-1-4-9-17;/h1-6,8-11,19-21H,7,12-16,24H2;1H/t19-,20+,21?;/m0./s1. The topological polar surface area (TPSA) is 66.6 Å². The Bertz CT molecular complexity index is 831. The molecule has 2 N–H and O–H groups in total. The molecule has 2 aliphatic heterocycles. The highest BCUT2D eigenvalue weighted by Crippen LogP contribution is 2.29. The van der Waals surface area contributed by atoms with E-state index in [0.29, 0.717) is 26.1 Å². The van der Waals surface area contributed by atoms with E-state index in [0.717, 1.165) is 18.4 Å². The molecule has 4 rings (SSSR count). The lowest BCUT2D eigenvalue weighted by atomic mass is 9.95. The summed E-state index contributed by atoms with van der Waals surface area (Å²) < 4.78 is 0. The molecule has 6 heteroatoms. The van der Waals surface area contributed by atoms with Crippen LogP contribution in [0, 0.1) is 0 Å². The smallest absolute Gasteiger partial charge is 0.245 e. The number of nitrogens with zero attached hydrogens (tertiary/aromatic N) is 2. The predicted octanol–water partition coefficient (Wildman–Crippen LogP) is 2.60. The van der Waals surface area contributed by atoms with Crippen LogP contribution >= 0.6 is 12.4 Å². The Morgan fingerprint density at radius 1 is 0.966 bits per heavy atom. The molecule has 0 saturated carbocycles. The maximum atomic E-state index is 13.2. The van der Waals surface area contributed by atoms with Crippen LogP contribution < -0.4 is 5.73 Å². The molecule has 2 aromatic carbocycles. The maximum Gasteiger partial charge on any atom is 0.245 e. The van der Waals surface area contributed by atoms with Gasteiger partial charge in [0.2, 0.25) is 11.8 Å². The molecule has 0 spiro atoms. The zero-order valence-electron chi connectivity index (χ0n) is 16.4. The van der Waals surface area contributed by atoms with Gasteiger partial charge in [0, 0.05) is 31.6 Å².